The normalized spacial score (nSPS) is 20.5. The van der Waals surface area contributed by atoms with Gasteiger partial charge in [-0.2, -0.15) is 0 Å². The van der Waals surface area contributed by atoms with Crippen LogP contribution in [0.3, 0.4) is 0 Å². The maximum Gasteiger partial charge on any atom is 0.222 e. The van der Waals surface area contributed by atoms with Crippen LogP contribution in [0, 0.1) is 5.41 Å². The molecule has 1 amide bonds. The number of likely N-dealkylation sites (tertiary alicyclic amines) is 1. The van der Waals surface area contributed by atoms with Crippen molar-refractivity contribution < 1.29 is 4.79 Å². The number of aryl methyl sites for hydroxylation is 1. The summed E-state index contributed by atoms with van der Waals surface area (Å²) < 4.78 is 0. The van der Waals surface area contributed by atoms with Crippen LogP contribution < -0.4 is 5.32 Å². The number of nitrogens with zero attached hydrogens (tertiary/aromatic N) is 1. The summed E-state index contributed by atoms with van der Waals surface area (Å²) in [5, 5.41) is 3.45. The molecule has 1 aromatic carbocycles. The van der Waals surface area contributed by atoms with Gasteiger partial charge in [0.25, 0.3) is 0 Å². The number of benzene rings is 1. The maximum absolute atomic E-state index is 12.4. The van der Waals surface area contributed by atoms with Crippen LogP contribution in [-0.4, -0.2) is 37.0 Å². The molecule has 2 aliphatic rings. The van der Waals surface area contributed by atoms with E-state index in [-0.39, 0.29) is 12.4 Å². The standard InChI is InChI=1S/C18H26N2O.ClH/c21-17(7-6-16-4-2-1-3-5-16)20-14-10-18(11-15-20)8-12-19-13-9-18;/h1-5,19H,6-15H2;1H. The van der Waals surface area contributed by atoms with Crippen LogP contribution in [0.4, 0.5) is 0 Å². The highest BCUT2D eigenvalue weighted by molar-refractivity contribution is 5.85. The third-order valence-electron chi connectivity index (χ3n) is 5.31. The second-order valence-corrected chi connectivity index (χ2v) is 6.62. The molecule has 0 aliphatic carbocycles. The smallest absolute Gasteiger partial charge is 0.222 e. The molecular weight excluding hydrogens is 296 g/mol. The van der Waals surface area contributed by atoms with Gasteiger partial charge in [0, 0.05) is 19.5 Å². The SMILES string of the molecule is Cl.O=C(CCc1ccccc1)N1CCC2(CCNCC2)CC1. The molecule has 3 rings (SSSR count). The fraction of sp³-hybridized carbons (Fsp3) is 0.611. The molecule has 2 heterocycles. The Morgan fingerprint density at radius 1 is 1.05 bits per heavy atom. The van der Waals surface area contributed by atoms with Crippen molar-refractivity contribution in [2.45, 2.75) is 38.5 Å². The molecule has 0 bridgehead atoms. The quantitative estimate of drug-likeness (QED) is 0.927. The molecule has 0 radical (unpaired) electrons. The van der Waals surface area contributed by atoms with Gasteiger partial charge in [-0.1, -0.05) is 30.3 Å². The van der Waals surface area contributed by atoms with Crippen LogP contribution in [0.25, 0.3) is 0 Å². The lowest BCUT2D eigenvalue weighted by Gasteiger charge is -2.44. The summed E-state index contributed by atoms with van der Waals surface area (Å²) in [6.07, 6.45) is 6.50. The Bertz CT molecular complexity index is 461. The molecule has 4 heteroatoms. The highest BCUT2D eigenvalue weighted by Gasteiger charge is 2.36. The van der Waals surface area contributed by atoms with E-state index in [9.17, 15) is 4.79 Å². The number of carbonyl (C=O) groups is 1. The minimum absolute atomic E-state index is 0. The van der Waals surface area contributed by atoms with Gasteiger partial charge in [0.15, 0.2) is 0 Å². The van der Waals surface area contributed by atoms with Gasteiger partial charge in [0.1, 0.15) is 0 Å². The van der Waals surface area contributed by atoms with Gasteiger partial charge in [-0.05, 0) is 56.2 Å². The molecule has 0 saturated carbocycles. The second kappa shape index (κ2) is 7.98. The lowest BCUT2D eigenvalue weighted by atomic mass is 9.71. The number of piperidine rings is 2. The Labute approximate surface area is 139 Å². The van der Waals surface area contributed by atoms with Crippen molar-refractivity contribution in [2.75, 3.05) is 26.2 Å². The van der Waals surface area contributed by atoms with E-state index in [0.29, 0.717) is 17.7 Å². The van der Waals surface area contributed by atoms with E-state index >= 15 is 0 Å². The average molecular weight is 323 g/mol. The van der Waals surface area contributed by atoms with Crippen molar-refractivity contribution in [3.8, 4) is 0 Å². The van der Waals surface area contributed by atoms with E-state index in [0.717, 1.165) is 32.6 Å². The van der Waals surface area contributed by atoms with Crippen molar-refractivity contribution in [3.05, 3.63) is 35.9 Å². The zero-order valence-electron chi connectivity index (χ0n) is 13.2. The van der Waals surface area contributed by atoms with E-state index in [2.05, 4.69) is 22.3 Å². The monoisotopic (exact) mass is 322 g/mol. The first-order valence-corrected chi connectivity index (χ1v) is 8.30. The minimum Gasteiger partial charge on any atom is -0.343 e. The van der Waals surface area contributed by atoms with Crippen LogP contribution in [0.15, 0.2) is 30.3 Å². The molecule has 2 saturated heterocycles. The molecule has 2 fully saturated rings. The summed E-state index contributed by atoms with van der Waals surface area (Å²) in [4.78, 5) is 14.4. The number of halogens is 1. The van der Waals surface area contributed by atoms with Crippen molar-refractivity contribution >= 4 is 18.3 Å². The topological polar surface area (TPSA) is 32.3 Å². The first-order valence-electron chi connectivity index (χ1n) is 8.30. The van der Waals surface area contributed by atoms with Crippen LogP contribution in [-0.2, 0) is 11.2 Å². The Hall–Kier alpha value is -1.06. The van der Waals surface area contributed by atoms with Gasteiger partial charge in [-0.3, -0.25) is 4.79 Å². The maximum atomic E-state index is 12.4. The highest BCUT2D eigenvalue weighted by atomic mass is 35.5. The largest absolute Gasteiger partial charge is 0.343 e. The van der Waals surface area contributed by atoms with Gasteiger partial charge in [0.05, 0.1) is 0 Å². The van der Waals surface area contributed by atoms with Crippen molar-refractivity contribution in [1.82, 2.24) is 10.2 Å². The molecule has 122 valence electrons. The summed E-state index contributed by atoms with van der Waals surface area (Å²) in [7, 11) is 0. The van der Waals surface area contributed by atoms with Gasteiger partial charge in [-0.15, -0.1) is 12.4 Å². The van der Waals surface area contributed by atoms with Crippen LogP contribution in [0.5, 0.6) is 0 Å². The van der Waals surface area contributed by atoms with E-state index in [1.54, 1.807) is 0 Å². The third-order valence-corrected chi connectivity index (χ3v) is 5.31. The van der Waals surface area contributed by atoms with Gasteiger partial charge >= 0.3 is 0 Å². The fourth-order valence-corrected chi connectivity index (χ4v) is 3.74. The Morgan fingerprint density at radius 2 is 1.68 bits per heavy atom. The van der Waals surface area contributed by atoms with E-state index in [4.69, 9.17) is 0 Å². The molecule has 1 N–H and O–H groups in total. The number of nitrogens with one attached hydrogen (secondary N) is 1. The van der Waals surface area contributed by atoms with E-state index in [1.165, 1.54) is 31.2 Å². The zero-order valence-corrected chi connectivity index (χ0v) is 14.0. The van der Waals surface area contributed by atoms with E-state index < -0.39 is 0 Å². The van der Waals surface area contributed by atoms with Crippen molar-refractivity contribution in [2.24, 2.45) is 5.41 Å². The fourth-order valence-electron chi connectivity index (χ4n) is 3.74. The van der Waals surface area contributed by atoms with Gasteiger partial charge < -0.3 is 10.2 Å². The number of carbonyl (C=O) groups excluding carboxylic acids is 1. The summed E-state index contributed by atoms with van der Waals surface area (Å²) in [5.41, 5.74) is 1.79. The lowest BCUT2D eigenvalue weighted by Crippen LogP contribution is -2.47. The molecule has 22 heavy (non-hydrogen) atoms. The molecule has 2 aliphatic heterocycles. The highest BCUT2D eigenvalue weighted by Crippen LogP contribution is 2.39. The summed E-state index contributed by atoms with van der Waals surface area (Å²) in [5.74, 6) is 0.336. The Kier molecular flexibility index (Phi) is 6.27. The molecule has 1 spiro atoms. The third kappa shape index (κ3) is 4.23. The lowest BCUT2D eigenvalue weighted by molar-refractivity contribution is -0.133. The van der Waals surface area contributed by atoms with Crippen LogP contribution in [0.1, 0.15) is 37.7 Å². The summed E-state index contributed by atoms with van der Waals surface area (Å²) in [6, 6.07) is 10.3. The molecule has 1 aromatic rings. The average Bonchev–Trinajstić information content (AvgIpc) is 2.55. The first kappa shape index (κ1) is 17.3. The Balaban J connectivity index is 0.00000176. The summed E-state index contributed by atoms with van der Waals surface area (Å²) >= 11 is 0. The van der Waals surface area contributed by atoms with Crippen LogP contribution in [0.2, 0.25) is 0 Å². The van der Waals surface area contributed by atoms with E-state index in [1.807, 2.05) is 18.2 Å². The number of hydrogen-bond donors (Lipinski definition) is 1. The number of amides is 1. The number of hydrogen-bond acceptors (Lipinski definition) is 2. The van der Waals surface area contributed by atoms with Crippen LogP contribution >= 0.6 is 12.4 Å². The van der Waals surface area contributed by atoms with Gasteiger partial charge in [-0.25, -0.2) is 0 Å². The molecule has 0 atom stereocenters. The molecule has 0 aromatic heterocycles. The van der Waals surface area contributed by atoms with Gasteiger partial charge in [0.2, 0.25) is 5.91 Å². The first-order chi connectivity index (χ1) is 10.3. The predicted molar refractivity (Wildman–Crippen MR) is 92.4 cm³/mol. The zero-order chi connectivity index (χ0) is 14.5. The Morgan fingerprint density at radius 3 is 2.32 bits per heavy atom. The minimum atomic E-state index is 0. The molecular formula is C18H27ClN2O. The molecule has 0 unspecified atom stereocenters. The number of rotatable bonds is 3. The van der Waals surface area contributed by atoms with Crippen molar-refractivity contribution in [1.29, 1.82) is 0 Å². The van der Waals surface area contributed by atoms with Crippen molar-refractivity contribution in [3.63, 3.8) is 0 Å². The summed E-state index contributed by atoms with van der Waals surface area (Å²) in [6.45, 7) is 4.24. The second-order valence-electron chi connectivity index (χ2n) is 6.62. The predicted octanol–water partition coefficient (Wildman–Crippen LogP) is 3.03. The molecule has 3 nitrogen and oxygen atoms in total.